The van der Waals surface area contributed by atoms with Crippen molar-refractivity contribution in [2.45, 2.75) is 43.0 Å². The van der Waals surface area contributed by atoms with Crippen LogP contribution in [0.3, 0.4) is 0 Å². The first-order valence-corrected chi connectivity index (χ1v) is 15.5. The number of fused-ring (bicyclic) bond motifs is 3. The zero-order valence-electron chi connectivity index (χ0n) is 24.2. The van der Waals surface area contributed by atoms with Crippen LogP contribution in [-0.4, -0.2) is 58.0 Å². The Hall–Kier alpha value is -3.84. The standard InChI is InChI=1S/C37H36O6/c1-2-4-35-33(3-1)34-14-13-29(40-20-17-32-24-43-32)21-36(34)37(35,25-5-9-27(10-6-25)38-18-15-30-22-41-30)26-7-11-28(12-8-26)39-19-16-31-23-42-31/h1-14,21,30-32H,15-20,22-24H2. The number of ether oxygens (including phenoxy) is 6. The van der Waals surface area contributed by atoms with Crippen molar-refractivity contribution in [3.8, 4) is 28.4 Å². The Morgan fingerprint density at radius 2 is 0.953 bits per heavy atom. The maximum absolute atomic E-state index is 6.28. The largest absolute Gasteiger partial charge is 0.493 e. The normalized spacial score (nSPS) is 24.1. The quantitative estimate of drug-likeness (QED) is 0.140. The van der Waals surface area contributed by atoms with Crippen LogP contribution in [0.2, 0.25) is 0 Å². The van der Waals surface area contributed by atoms with Gasteiger partial charge < -0.3 is 28.4 Å². The minimum atomic E-state index is -0.536. The van der Waals surface area contributed by atoms with Crippen molar-refractivity contribution in [1.82, 2.24) is 0 Å². The Morgan fingerprint density at radius 3 is 1.47 bits per heavy atom. The van der Waals surface area contributed by atoms with E-state index in [-0.39, 0.29) is 0 Å². The third-order valence-corrected chi connectivity index (χ3v) is 8.92. The summed E-state index contributed by atoms with van der Waals surface area (Å²) in [5.41, 5.74) is 6.76. The maximum Gasteiger partial charge on any atom is 0.119 e. The molecular weight excluding hydrogens is 540 g/mol. The van der Waals surface area contributed by atoms with E-state index in [1.54, 1.807) is 0 Å². The van der Waals surface area contributed by atoms with Crippen LogP contribution in [0.5, 0.6) is 17.2 Å². The smallest absolute Gasteiger partial charge is 0.119 e. The third-order valence-electron chi connectivity index (χ3n) is 8.92. The van der Waals surface area contributed by atoms with E-state index in [9.17, 15) is 0 Å². The highest BCUT2D eigenvalue weighted by Crippen LogP contribution is 2.57. The first-order chi connectivity index (χ1) is 21.3. The van der Waals surface area contributed by atoms with Gasteiger partial charge in [0.2, 0.25) is 0 Å². The van der Waals surface area contributed by atoms with E-state index in [0.717, 1.165) is 56.3 Å². The molecule has 0 bridgehead atoms. The molecule has 4 aromatic rings. The molecule has 0 saturated carbocycles. The van der Waals surface area contributed by atoms with Gasteiger partial charge in [-0.3, -0.25) is 0 Å². The van der Waals surface area contributed by atoms with Crippen molar-refractivity contribution in [3.05, 3.63) is 113 Å². The van der Waals surface area contributed by atoms with Crippen LogP contribution >= 0.6 is 0 Å². The van der Waals surface area contributed by atoms with E-state index in [1.807, 2.05) is 0 Å². The van der Waals surface area contributed by atoms with Crippen LogP contribution < -0.4 is 14.2 Å². The van der Waals surface area contributed by atoms with Gasteiger partial charge in [-0.2, -0.15) is 0 Å². The second kappa shape index (κ2) is 11.3. The highest BCUT2D eigenvalue weighted by atomic mass is 16.6. The van der Waals surface area contributed by atoms with E-state index >= 15 is 0 Å². The van der Waals surface area contributed by atoms with Gasteiger partial charge in [-0.25, -0.2) is 0 Å². The molecule has 3 atom stereocenters. The molecule has 1 aliphatic carbocycles. The van der Waals surface area contributed by atoms with E-state index < -0.39 is 5.41 Å². The molecule has 0 amide bonds. The van der Waals surface area contributed by atoms with Crippen molar-refractivity contribution in [3.63, 3.8) is 0 Å². The van der Waals surface area contributed by atoms with Crippen LogP contribution in [0.15, 0.2) is 91.0 Å². The lowest BCUT2D eigenvalue weighted by atomic mass is 9.67. The molecule has 6 nitrogen and oxygen atoms in total. The Labute approximate surface area is 252 Å². The second-order valence-corrected chi connectivity index (χ2v) is 11.8. The molecule has 8 rings (SSSR count). The molecular formula is C37H36O6. The highest BCUT2D eigenvalue weighted by molar-refractivity contribution is 5.86. The third kappa shape index (κ3) is 5.51. The van der Waals surface area contributed by atoms with Gasteiger partial charge >= 0.3 is 0 Å². The molecule has 3 unspecified atom stereocenters. The molecule has 0 aromatic heterocycles. The van der Waals surface area contributed by atoms with Gasteiger partial charge in [0.25, 0.3) is 0 Å². The van der Waals surface area contributed by atoms with Gasteiger partial charge in [-0.15, -0.1) is 0 Å². The van der Waals surface area contributed by atoms with Gasteiger partial charge in [0, 0.05) is 19.3 Å². The number of hydrogen-bond acceptors (Lipinski definition) is 6. The van der Waals surface area contributed by atoms with E-state index in [0.29, 0.717) is 38.1 Å². The van der Waals surface area contributed by atoms with Gasteiger partial charge in [0.05, 0.1) is 63.4 Å². The average molecular weight is 577 g/mol. The van der Waals surface area contributed by atoms with Crippen LogP contribution in [0.1, 0.15) is 41.5 Å². The fraction of sp³-hybridized carbons (Fsp3) is 0.351. The van der Waals surface area contributed by atoms with E-state index in [1.165, 1.54) is 33.4 Å². The van der Waals surface area contributed by atoms with Crippen LogP contribution in [0.4, 0.5) is 0 Å². The Balaban J connectivity index is 1.18. The summed E-state index contributed by atoms with van der Waals surface area (Å²) in [6.45, 7) is 4.49. The van der Waals surface area contributed by atoms with Gasteiger partial charge in [-0.05, 0) is 69.8 Å². The molecule has 43 heavy (non-hydrogen) atoms. The van der Waals surface area contributed by atoms with Gasteiger partial charge in [0.15, 0.2) is 0 Å². The first-order valence-electron chi connectivity index (χ1n) is 15.5. The fourth-order valence-corrected chi connectivity index (χ4v) is 6.37. The Morgan fingerprint density at radius 1 is 0.512 bits per heavy atom. The number of epoxide rings is 3. The monoisotopic (exact) mass is 576 g/mol. The van der Waals surface area contributed by atoms with Crippen LogP contribution in [-0.2, 0) is 19.6 Å². The summed E-state index contributed by atoms with van der Waals surface area (Å²) in [4.78, 5) is 0. The summed E-state index contributed by atoms with van der Waals surface area (Å²) < 4.78 is 34.5. The highest BCUT2D eigenvalue weighted by Gasteiger charge is 2.46. The fourth-order valence-electron chi connectivity index (χ4n) is 6.37. The lowest BCUT2D eigenvalue weighted by molar-refractivity contribution is 0.282. The summed E-state index contributed by atoms with van der Waals surface area (Å²) >= 11 is 0. The lowest BCUT2D eigenvalue weighted by Crippen LogP contribution is -2.28. The molecule has 0 radical (unpaired) electrons. The summed E-state index contributed by atoms with van der Waals surface area (Å²) in [6.07, 6.45) is 3.81. The molecule has 220 valence electrons. The summed E-state index contributed by atoms with van der Waals surface area (Å²) in [6, 6.07) is 32.6. The topological polar surface area (TPSA) is 65.3 Å². The lowest BCUT2D eigenvalue weighted by Gasteiger charge is -2.34. The predicted octanol–water partition coefficient (Wildman–Crippen LogP) is 6.55. The number of hydrogen-bond donors (Lipinski definition) is 0. The SMILES string of the molecule is c1ccc2c(c1)-c1ccc(OCCC3CO3)cc1C2(c1ccc(OCCC2CO2)cc1)c1ccc(OCCC2CO2)cc1. The summed E-state index contributed by atoms with van der Waals surface area (Å²) in [5, 5.41) is 0. The molecule has 6 heteroatoms. The zero-order chi connectivity index (χ0) is 28.6. The Bertz CT molecular complexity index is 1510. The van der Waals surface area contributed by atoms with E-state index in [2.05, 4.69) is 91.0 Å². The van der Waals surface area contributed by atoms with Gasteiger partial charge in [0.1, 0.15) is 17.2 Å². The minimum absolute atomic E-state index is 0.341. The van der Waals surface area contributed by atoms with Gasteiger partial charge in [-0.1, -0.05) is 54.6 Å². The minimum Gasteiger partial charge on any atom is -0.493 e. The van der Waals surface area contributed by atoms with Crippen LogP contribution in [0, 0.1) is 0 Å². The molecule has 3 aliphatic heterocycles. The molecule has 0 N–H and O–H groups in total. The summed E-state index contributed by atoms with van der Waals surface area (Å²) in [7, 11) is 0. The van der Waals surface area contributed by atoms with Crippen molar-refractivity contribution >= 4 is 0 Å². The molecule has 4 aromatic carbocycles. The number of benzene rings is 4. The maximum atomic E-state index is 6.28. The molecule has 3 saturated heterocycles. The van der Waals surface area contributed by atoms with Crippen molar-refractivity contribution in [2.75, 3.05) is 39.6 Å². The Kier molecular flexibility index (Phi) is 7.06. The zero-order valence-corrected chi connectivity index (χ0v) is 24.2. The number of rotatable bonds is 14. The van der Waals surface area contributed by atoms with E-state index in [4.69, 9.17) is 28.4 Å². The van der Waals surface area contributed by atoms with Crippen molar-refractivity contribution in [2.24, 2.45) is 0 Å². The summed E-state index contributed by atoms with van der Waals surface area (Å²) in [5.74, 6) is 2.61. The second-order valence-electron chi connectivity index (χ2n) is 11.8. The van der Waals surface area contributed by atoms with Crippen molar-refractivity contribution in [1.29, 1.82) is 0 Å². The van der Waals surface area contributed by atoms with Crippen LogP contribution in [0.25, 0.3) is 11.1 Å². The predicted molar refractivity (Wildman–Crippen MR) is 163 cm³/mol. The molecule has 3 heterocycles. The molecule has 0 spiro atoms. The molecule has 4 aliphatic rings. The first kappa shape index (κ1) is 26.8. The molecule has 3 fully saturated rings. The van der Waals surface area contributed by atoms with Crippen molar-refractivity contribution < 1.29 is 28.4 Å². The average Bonchev–Trinajstić information content (AvgIpc) is 3.89.